The number of rotatable bonds is 1. The monoisotopic (exact) mass is 255 g/mol. The first kappa shape index (κ1) is 12.9. The number of hydrogen-bond donors (Lipinski definition) is 1. The number of benzene rings is 1. The molecule has 1 aliphatic rings. The van der Waals surface area contributed by atoms with Crippen LogP contribution < -0.4 is 15.2 Å². The molecule has 1 aromatic rings. The Kier molecular flexibility index (Phi) is 3.54. The second kappa shape index (κ2) is 4.39. The molecule has 90 valence electrons. The Morgan fingerprint density at radius 1 is 1.25 bits per heavy atom. The minimum atomic E-state index is -4.49. The van der Waals surface area contributed by atoms with Crippen molar-refractivity contribution < 1.29 is 22.6 Å². The predicted octanol–water partition coefficient (Wildman–Crippen LogP) is 2.40. The van der Waals surface area contributed by atoms with Crippen LogP contribution >= 0.6 is 12.4 Å². The average molecular weight is 256 g/mol. The molecule has 1 aliphatic heterocycles. The molecule has 2 N–H and O–H groups in total. The number of ether oxygens (including phenoxy) is 2. The highest BCUT2D eigenvalue weighted by Gasteiger charge is 2.40. The van der Waals surface area contributed by atoms with Gasteiger partial charge in [-0.15, -0.1) is 12.4 Å². The summed E-state index contributed by atoms with van der Waals surface area (Å²) in [6.45, 7) is -0.0725. The van der Waals surface area contributed by atoms with E-state index in [-0.39, 0.29) is 30.5 Å². The quantitative estimate of drug-likeness (QED) is 0.838. The molecule has 0 fully saturated rings. The van der Waals surface area contributed by atoms with Gasteiger partial charge in [0.25, 0.3) is 0 Å². The molecule has 0 amide bonds. The van der Waals surface area contributed by atoms with Gasteiger partial charge in [0, 0.05) is 5.56 Å². The second-order valence-corrected chi connectivity index (χ2v) is 3.10. The van der Waals surface area contributed by atoms with Crippen LogP contribution in [-0.2, 0) is 0 Å². The molecule has 7 heteroatoms. The molecule has 16 heavy (non-hydrogen) atoms. The van der Waals surface area contributed by atoms with Crippen molar-refractivity contribution in [1.82, 2.24) is 0 Å². The third-order valence-electron chi connectivity index (χ3n) is 2.11. The fraction of sp³-hybridized carbons (Fsp3) is 0.333. The van der Waals surface area contributed by atoms with E-state index in [0.717, 1.165) is 0 Å². The molecule has 0 saturated heterocycles. The molecule has 1 heterocycles. The van der Waals surface area contributed by atoms with E-state index in [0.29, 0.717) is 5.75 Å². The lowest BCUT2D eigenvalue weighted by atomic mass is 10.1. The van der Waals surface area contributed by atoms with Gasteiger partial charge in [0.15, 0.2) is 11.5 Å². The summed E-state index contributed by atoms with van der Waals surface area (Å²) >= 11 is 0. The smallest absolute Gasteiger partial charge is 0.407 e. The third kappa shape index (κ3) is 2.17. The Morgan fingerprint density at radius 2 is 1.94 bits per heavy atom. The summed E-state index contributed by atoms with van der Waals surface area (Å²) < 4.78 is 47.0. The van der Waals surface area contributed by atoms with Crippen LogP contribution in [0.25, 0.3) is 0 Å². The maximum atomic E-state index is 12.4. The van der Waals surface area contributed by atoms with Crippen LogP contribution in [0.4, 0.5) is 13.2 Å². The maximum Gasteiger partial charge on any atom is 0.407 e. The molecule has 0 bridgehead atoms. The van der Waals surface area contributed by atoms with E-state index in [2.05, 4.69) is 0 Å². The molecule has 0 spiro atoms. The second-order valence-electron chi connectivity index (χ2n) is 3.10. The Bertz CT molecular complexity index is 384. The van der Waals surface area contributed by atoms with Crippen molar-refractivity contribution in [2.24, 2.45) is 5.73 Å². The van der Waals surface area contributed by atoms with E-state index >= 15 is 0 Å². The fourth-order valence-corrected chi connectivity index (χ4v) is 1.37. The van der Waals surface area contributed by atoms with Crippen molar-refractivity contribution in [2.45, 2.75) is 12.2 Å². The van der Waals surface area contributed by atoms with Crippen LogP contribution in [0.15, 0.2) is 18.2 Å². The Labute approximate surface area is 95.7 Å². The van der Waals surface area contributed by atoms with Gasteiger partial charge < -0.3 is 15.2 Å². The van der Waals surface area contributed by atoms with Crippen LogP contribution in [0.1, 0.15) is 11.6 Å². The van der Waals surface area contributed by atoms with E-state index in [4.69, 9.17) is 15.2 Å². The molecule has 0 aromatic heterocycles. The Balaban J connectivity index is 0.00000128. The van der Waals surface area contributed by atoms with E-state index in [1.807, 2.05) is 0 Å². The van der Waals surface area contributed by atoms with Crippen molar-refractivity contribution in [1.29, 1.82) is 0 Å². The maximum absolute atomic E-state index is 12.4. The van der Waals surface area contributed by atoms with E-state index in [1.165, 1.54) is 18.2 Å². The number of halogens is 4. The summed E-state index contributed by atoms with van der Waals surface area (Å²) in [4.78, 5) is 0. The molecule has 1 aromatic carbocycles. The molecule has 0 saturated carbocycles. The van der Waals surface area contributed by atoms with Crippen molar-refractivity contribution >= 4 is 12.4 Å². The van der Waals surface area contributed by atoms with E-state index in [1.54, 1.807) is 0 Å². The van der Waals surface area contributed by atoms with Crippen LogP contribution in [-0.4, -0.2) is 13.0 Å². The van der Waals surface area contributed by atoms with Crippen molar-refractivity contribution in [2.75, 3.05) is 6.79 Å². The molecule has 1 atom stereocenters. The lowest BCUT2D eigenvalue weighted by Gasteiger charge is -2.17. The van der Waals surface area contributed by atoms with Crippen LogP contribution in [0.5, 0.6) is 11.5 Å². The highest BCUT2D eigenvalue weighted by atomic mass is 35.5. The summed E-state index contributed by atoms with van der Waals surface area (Å²) in [5.41, 5.74) is 4.99. The van der Waals surface area contributed by atoms with Gasteiger partial charge in [-0.25, -0.2) is 0 Å². The van der Waals surface area contributed by atoms with Crippen LogP contribution in [0.3, 0.4) is 0 Å². The topological polar surface area (TPSA) is 44.5 Å². The zero-order chi connectivity index (χ0) is 11.1. The van der Waals surface area contributed by atoms with Gasteiger partial charge >= 0.3 is 6.18 Å². The zero-order valence-electron chi connectivity index (χ0n) is 7.95. The fourth-order valence-electron chi connectivity index (χ4n) is 1.37. The van der Waals surface area contributed by atoms with Crippen LogP contribution in [0, 0.1) is 0 Å². The van der Waals surface area contributed by atoms with Gasteiger partial charge in [-0.05, 0) is 6.07 Å². The normalized spacial score (nSPS) is 15.5. The summed E-state index contributed by atoms with van der Waals surface area (Å²) in [5, 5.41) is 0. The van der Waals surface area contributed by atoms with Crippen molar-refractivity contribution in [3.8, 4) is 11.5 Å². The lowest BCUT2D eigenvalue weighted by Crippen LogP contribution is -2.28. The molecular weight excluding hydrogens is 247 g/mol. The van der Waals surface area contributed by atoms with E-state index in [9.17, 15) is 13.2 Å². The molecule has 0 radical (unpaired) electrons. The largest absolute Gasteiger partial charge is 0.454 e. The van der Waals surface area contributed by atoms with E-state index < -0.39 is 12.2 Å². The standard InChI is InChI=1S/C9H8F3NO2.ClH/c10-9(11,12)8(13)5-2-1-3-6-7(5)15-4-14-6;/h1-3,8H,4,13H2;1H/t8-;/m0./s1. The molecule has 3 nitrogen and oxygen atoms in total. The molecular formula is C9H9ClF3NO2. The SMILES string of the molecule is Cl.N[C@@H](c1cccc2c1OCO2)C(F)(F)F. The molecule has 2 rings (SSSR count). The first-order valence-corrected chi connectivity index (χ1v) is 4.21. The lowest BCUT2D eigenvalue weighted by molar-refractivity contribution is -0.149. The molecule has 0 aliphatic carbocycles. The van der Waals surface area contributed by atoms with Crippen molar-refractivity contribution in [3.63, 3.8) is 0 Å². The minimum absolute atomic E-state index is 0. The summed E-state index contributed by atoms with van der Waals surface area (Å²) in [7, 11) is 0. The number of alkyl halides is 3. The highest BCUT2D eigenvalue weighted by Crippen LogP contribution is 2.42. The average Bonchev–Trinajstić information content (AvgIpc) is 2.62. The zero-order valence-corrected chi connectivity index (χ0v) is 8.77. The number of nitrogens with two attached hydrogens (primary N) is 1. The first-order valence-electron chi connectivity index (χ1n) is 4.21. The number of hydrogen-bond acceptors (Lipinski definition) is 3. The van der Waals surface area contributed by atoms with Gasteiger partial charge in [0.05, 0.1) is 0 Å². The van der Waals surface area contributed by atoms with Gasteiger partial charge in [-0.3, -0.25) is 0 Å². The number of para-hydroxylation sites is 1. The van der Waals surface area contributed by atoms with Crippen LogP contribution in [0.2, 0.25) is 0 Å². The third-order valence-corrected chi connectivity index (χ3v) is 2.11. The van der Waals surface area contributed by atoms with Gasteiger partial charge in [-0.1, -0.05) is 12.1 Å². The molecule has 0 unspecified atom stereocenters. The summed E-state index contributed by atoms with van der Waals surface area (Å²) in [5.74, 6) is 0.384. The van der Waals surface area contributed by atoms with Gasteiger partial charge in [0.2, 0.25) is 6.79 Å². The van der Waals surface area contributed by atoms with Gasteiger partial charge in [-0.2, -0.15) is 13.2 Å². The van der Waals surface area contributed by atoms with Crippen molar-refractivity contribution in [3.05, 3.63) is 23.8 Å². The Morgan fingerprint density at radius 3 is 2.56 bits per heavy atom. The van der Waals surface area contributed by atoms with Gasteiger partial charge in [0.1, 0.15) is 6.04 Å². The highest BCUT2D eigenvalue weighted by molar-refractivity contribution is 5.85. The minimum Gasteiger partial charge on any atom is -0.454 e. The summed E-state index contributed by atoms with van der Waals surface area (Å²) in [6, 6.07) is 2.23. The number of fused-ring (bicyclic) bond motifs is 1. The summed E-state index contributed by atoms with van der Waals surface area (Å²) in [6.07, 6.45) is -4.49. The predicted molar refractivity (Wildman–Crippen MR) is 52.8 cm³/mol. The first-order chi connectivity index (χ1) is 7.00. The Hall–Kier alpha value is -1.14.